The topological polar surface area (TPSA) is 77.4 Å². The molecule has 0 aliphatic carbocycles. The van der Waals surface area contributed by atoms with Gasteiger partial charge in [0.05, 0.1) is 37.2 Å². The van der Waals surface area contributed by atoms with Gasteiger partial charge in [-0.15, -0.1) is 6.58 Å². The summed E-state index contributed by atoms with van der Waals surface area (Å²) in [5, 5.41) is 11.2. The third-order valence-electron chi connectivity index (χ3n) is 1.65. The molecule has 8 radical (unpaired) electrons. The van der Waals surface area contributed by atoms with E-state index < -0.39 is 0 Å². The number of nitrogens with two attached hydrogens (primary N) is 1. The zero-order chi connectivity index (χ0) is 25.5. The molecule has 0 aliphatic heterocycles. The van der Waals surface area contributed by atoms with Crippen molar-refractivity contribution in [1.29, 1.82) is 0 Å². The lowest BCUT2D eigenvalue weighted by Crippen LogP contribution is -2.25. The van der Waals surface area contributed by atoms with E-state index in [4.69, 9.17) is 23.5 Å². The predicted molar refractivity (Wildman–Crippen MR) is 144 cm³/mol. The van der Waals surface area contributed by atoms with E-state index in [2.05, 4.69) is 61.2 Å². The molecule has 0 amide bonds. The normalized spacial score (nSPS) is 7.23. The molecule has 0 aromatic rings. The minimum Gasteiger partial charge on any atom is -0.398 e. The molecule has 10 heteroatoms. The molecule has 0 aromatic carbocycles. The predicted octanol–water partition coefficient (Wildman–Crippen LogP) is 0.695. The summed E-state index contributed by atoms with van der Waals surface area (Å²) in [6.45, 7) is 22.0. The van der Waals surface area contributed by atoms with Crippen molar-refractivity contribution in [2.75, 3.05) is 54.0 Å². The second-order valence-electron chi connectivity index (χ2n) is 5.99. The van der Waals surface area contributed by atoms with Gasteiger partial charge in [0.1, 0.15) is 0 Å². The van der Waals surface area contributed by atoms with Crippen LogP contribution in [-0.2, 0) is 0 Å². The van der Waals surface area contributed by atoms with Crippen molar-refractivity contribution in [1.82, 2.24) is 26.2 Å². The van der Waals surface area contributed by atoms with E-state index in [1.54, 1.807) is 0 Å². The minimum atomic E-state index is 0.250. The largest absolute Gasteiger partial charge is 0.398 e. The first-order valence-corrected chi connectivity index (χ1v) is 9.38. The lowest BCUT2D eigenvalue weighted by atomic mass is 10.2. The van der Waals surface area contributed by atoms with E-state index in [0.717, 1.165) is 17.2 Å². The average molecular weight is 414 g/mol. The van der Waals surface area contributed by atoms with Crippen molar-refractivity contribution in [3.63, 3.8) is 0 Å². The summed E-state index contributed by atoms with van der Waals surface area (Å²) >= 11 is 0. The van der Waals surface area contributed by atoms with Crippen molar-refractivity contribution >= 4 is 31.4 Å². The second kappa shape index (κ2) is 41.7. The fourth-order valence-electron chi connectivity index (χ4n) is 0.624. The molecular weight excluding hydrogens is 368 g/mol. The molecule has 0 heterocycles. The lowest BCUT2D eigenvalue weighted by molar-refractivity contribution is 0.475. The number of allylic oxidation sites excluding steroid dienone is 3. The zero-order valence-corrected chi connectivity index (χ0v) is 21.0. The van der Waals surface area contributed by atoms with Gasteiger partial charge in [0.15, 0.2) is 0 Å². The Balaban J connectivity index is -0.0000000599. The van der Waals surface area contributed by atoms with Gasteiger partial charge in [0.2, 0.25) is 0 Å². The van der Waals surface area contributed by atoms with Crippen molar-refractivity contribution in [3.8, 4) is 0 Å². The van der Waals surface area contributed by atoms with Crippen LogP contribution in [0.2, 0.25) is 0 Å². The Hall–Kier alpha value is -1.66. The van der Waals surface area contributed by atoms with Crippen LogP contribution in [0.5, 0.6) is 0 Å². The van der Waals surface area contributed by atoms with Crippen LogP contribution in [-0.4, -0.2) is 90.3 Å². The molecule has 168 valence electrons. The van der Waals surface area contributed by atoms with Gasteiger partial charge in [-0.1, -0.05) is 25.3 Å². The first-order chi connectivity index (χ1) is 13.8. The zero-order valence-electron chi connectivity index (χ0n) is 21.0. The summed E-state index contributed by atoms with van der Waals surface area (Å²) in [4.78, 5) is 1.87. The van der Waals surface area contributed by atoms with E-state index >= 15 is 0 Å². The van der Waals surface area contributed by atoms with Crippen LogP contribution in [0.4, 0.5) is 0 Å². The smallest absolute Gasteiger partial charge is 0.0939 e. The summed E-state index contributed by atoms with van der Waals surface area (Å²) in [6.07, 6.45) is 1.65. The Morgan fingerprint density at radius 1 is 0.733 bits per heavy atom. The van der Waals surface area contributed by atoms with E-state index in [9.17, 15) is 0 Å². The average Bonchev–Trinajstić information content (AvgIpc) is 2.56. The monoisotopic (exact) mass is 414 g/mol. The number of nitrogens with zero attached hydrogens (tertiary/aromatic N) is 1. The Morgan fingerprint density at radius 3 is 0.967 bits per heavy atom. The van der Waals surface area contributed by atoms with Gasteiger partial charge < -0.3 is 31.9 Å². The highest BCUT2D eigenvalue weighted by molar-refractivity contribution is 6.09. The van der Waals surface area contributed by atoms with Crippen LogP contribution >= 0.6 is 0 Å². The molecule has 0 aliphatic rings. The summed E-state index contributed by atoms with van der Waals surface area (Å²) in [7, 11) is 27.5. The van der Waals surface area contributed by atoms with Crippen LogP contribution in [0.25, 0.3) is 0 Å². The van der Waals surface area contributed by atoms with Crippen LogP contribution in [0.15, 0.2) is 49.1 Å². The molecule has 30 heavy (non-hydrogen) atoms. The Labute approximate surface area is 194 Å². The number of hydrogen-bond acceptors (Lipinski definition) is 6. The molecule has 0 bridgehead atoms. The fourth-order valence-corrected chi connectivity index (χ4v) is 0.624. The van der Waals surface area contributed by atoms with Gasteiger partial charge in [-0.25, -0.2) is 0 Å². The van der Waals surface area contributed by atoms with E-state index in [-0.39, 0.29) is 6.44 Å². The molecular formula is C20H46B4N6. The molecule has 0 atom stereocenters. The van der Waals surface area contributed by atoms with Crippen molar-refractivity contribution in [3.05, 3.63) is 49.1 Å². The number of rotatable bonds is 7. The van der Waals surface area contributed by atoms with Crippen LogP contribution in [0.3, 0.4) is 0 Å². The molecule has 0 unspecified atom stereocenters. The third-order valence-corrected chi connectivity index (χ3v) is 1.65. The molecule has 6 N–H and O–H groups in total. The Morgan fingerprint density at radius 2 is 0.933 bits per heavy atom. The summed E-state index contributed by atoms with van der Waals surface area (Å²) in [5.74, 6) is 0.840. The van der Waals surface area contributed by atoms with Crippen molar-refractivity contribution < 1.29 is 0 Å². The Kier molecular flexibility index (Phi) is 58.9. The van der Waals surface area contributed by atoms with Gasteiger partial charge in [-0.2, -0.15) is 0 Å². The highest BCUT2D eigenvalue weighted by Gasteiger charge is 1.88. The molecule has 6 nitrogen and oxygen atoms in total. The summed E-state index contributed by atoms with van der Waals surface area (Å²) < 4.78 is 0. The van der Waals surface area contributed by atoms with Crippen molar-refractivity contribution in [2.24, 2.45) is 5.73 Å². The quantitative estimate of drug-likeness (QED) is 0.312. The number of hydrogen-bond donors (Lipinski definition) is 5. The minimum absolute atomic E-state index is 0.250. The van der Waals surface area contributed by atoms with Gasteiger partial charge >= 0.3 is 0 Å². The maximum atomic E-state index is 5.17. The molecule has 0 spiro atoms. The van der Waals surface area contributed by atoms with E-state index in [0.29, 0.717) is 19.3 Å². The van der Waals surface area contributed by atoms with Crippen LogP contribution < -0.4 is 27.0 Å². The van der Waals surface area contributed by atoms with Gasteiger partial charge in [0, 0.05) is 14.1 Å². The summed E-state index contributed by atoms with van der Waals surface area (Å²) in [6, 6.07) is 0. The SMILES string of the molecule is C=C(C)C.CNC.[B]CN.[B]CNC(=C)C.[B]CNC(=C)C.[B]CNC(=C)N(C)C. The maximum absolute atomic E-state index is 5.17. The van der Waals surface area contributed by atoms with Gasteiger partial charge in [-0.05, 0) is 79.0 Å². The molecule has 0 fully saturated rings. The first-order valence-electron chi connectivity index (χ1n) is 9.38. The molecule has 0 rings (SSSR count). The fraction of sp³-hybridized carbons (Fsp3) is 0.600. The Bertz CT molecular complexity index is 356. The molecule has 0 aromatic heterocycles. The molecule has 0 saturated carbocycles. The first kappa shape index (κ1) is 42.4. The van der Waals surface area contributed by atoms with E-state index in [1.165, 1.54) is 5.57 Å². The summed E-state index contributed by atoms with van der Waals surface area (Å²) in [5.41, 5.74) is 7.62. The molecule has 0 saturated heterocycles. The second-order valence-corrected chi connectivity index (χ2v) is 5.99. The number of nitrogens with one attached hydrogen (secondary N) is 4. The van der Waals surface area contributed by atoms with E-state index in [1.807, 2.05) is 60.8 Å². The van der Waals surface area contributed by atoms with Crippen LogP contribution in [0, 0.1) is 0 Å². The van der Waals surface area contributed by atoms with Gasteiger partial charge in [0.25, 0.3) is 0 Å². The van der Waals surface area contributed by atoms with Crippen LogP contribution in [0.1, 0.15) is 27.7 Å². The highest BCUT2D eigenvalue weighted by Crippen LogP contribution is 1.84. The lowest BCUT2D eigenvalue weighted by Gasteiger charge is -2.15. The maximum Gasteiger partial charge on any atom is 0.0939 e. The van der Waals surface area contributed by atoms with Gasteiger partial charge in [-0.3, -0.25) is 0 Å². The third kappa shape index (κ3) is 132. The highest BCUT2D eigenvalue weighted by atomic mass is 15.2. The van der Waals surface area contributed by atoms with Crippen molar-refractivity contribution in [2.45, 2.75) is 27.7 Å². The standard InChI is InChI=1S/C5H11BN2.2C4H8BN.C4H8.C2H7N.CH4BN/c1-5(7-4-6)8(2)3;2*1-4(2)6-3-5;1-4(2)3;1-3-2;2-1-3/h7H,1,4H2,2-3H3;2*6H,1,3H2,2H3;1H2,2-3H3;3H,1-2H3;1,3H2.